The normalized spacial score (nSPS) is 10.6. The summed E-state index contributed by atoms with van der Waals surface area (Å²) < 4.78 is 5.02. The van der Waals surface area contributed by atoms with Crippen LogP contribution in [-0.4, -0.2) is 13.7 Å². The van der Waals surface area contributed by atoms with E-state index < -0.39 is 0 Å². The highest BCUT2D eigenvalue weighted by Crippen LogP contribution is 2.15. The number of nitrogens with two attached hydrogens (primary N) is 1. The molecule has 16 heavy (non-hydrogen) atoms. The smallest absolute Gasteiger partial charge is 0.0462 e. The minimum absolute atomic E-state index is 0.890. The van der Waals surface area contributed by atoms with E-state index >= 15 is 0 Å². The predicted octanol–water partition coefficient (Wildman–Crippen LogP) is 3.33. The van der Waals surface area contributed by atoms with Gasteiger partial charge in [-0.2, -0.15) is 0 Å². The Labute approximate surface area is 98.8 Å². The summed E-state index contributed by atoms with van der Waals surface area (Å²) in [6, 6.07) is 6.34. The largest absolute Gasteiger partial charge is 0.399 e. The second-order valence-electron chi connectivity index (χ2n) is 4.35. The lowest BCUT2D eigenvalue weighted by Gasteiger charge is -2.05. The van der Waals surface area contributed by atoms with Crippen molar-refractivity contribution in [2.45, 2.75) is 39.0 Å². The number of rotatable bonds is 7. The van der Waals surface area contributed by atoms with Crippen LogP contribution >= 0.6 is 0 Å². The fourth-order valence-electron chi connectivity index (χ4n) is 1.82. The van der Waals surface area contributed by atoms with Gasteiger partial charge in [0.25, 0.3) is 0 Å². The molecule has 0 amide bonds. The highest BCUT2D eigenvalue weighted by atomic mass is 16.5. The fraction of sp³-hybridized carbons (Fsp3) is 0.571. The first-order chi connectivity index (χ1) is 7.74. The summed E-state index contributed by atoms with van der Waals surface area (Å²) in [5, 5.41) is 0. The van der Waals surface area contributed by atoms with Gasteiger partial charge in [0, 0.05) is 19.4 Å². The molecular weight excluding hydrogens is 198 g/mol. The molecule has 90 valence electrons. The van der Waals surface area contributed by atoms with E-state index in [0.29, 0.717) is 0 Å². The average Bonchev–Trinajstić information content (AvgIpc) is 2.28. The van der Waals surface area contributed by atoms with E-state index in [9.17, 15) is 0 Å². The van der Waals surface area contributed by atoms with Crippen molar-refractivity contribution in [1.82, 2.24) is 0 Å². The molecule has 1 aromatic carbocycles. The van der Waals surface area contributed by atoms with Gasteiger partial charge in [-0.25, -0.2) is 0 Å². The third-order valence-electron chi connectivity index (χ3n) is 2.90. The zero-order valence-corrected chi connectivity index (χ0v) is 10.5. The number of hydrogen-bond donors (Lipinski definition) is 1. The summed E-state index contributed by atoms with van der Waals surface area (Å²) in [6.45, 7) is 2.96. The minimum Gasteiger partial charge on any atom is -0.399 e. The molecule has 0 fully saturated rings. The maximum absolute atomic E-state index is 5.78. The Morgan fingerprint density at radius 2 is 1.88 bits per heavy atom. The number of hydrogen-bond acceptors (Lipinski definition) is 2. The summed E-state index contributed by atoms with van der Waals surface area (Å²) in [5.74, 6) is 0. The average molecular weight is 221 g/mol. The molecular formula is C14H23NO. The van der Waals surface area contributed by atoms with Crippen LogP contribution in [0.4, 0.5) is 5.69 Å². The Kier molecular flexibility index (Phi) is 5.94. The molecule has 0 aliphatic carbocycles. The molecule has 0 aliphatic rings. The van der Waals surface area contributed by atoms with Crippen molar-refractivity contribution in [2.24, 2.45) is 0 Å². The van der Waals surface area contributed by atoms with Crippen LogP contribution in [-0.2, 0) is 11.2 Å². The molecule has 0 aliphatic heterocycles. The monoisotopic (exact) mass is 221 g/mol. The van der Waals surface area contributed by atoms with Gasteiger partial charge in [-0.1, -0.05) is 25.0 Å². The molecule has 1 aromatic rings. The third kappa shape index (κ3) is 4.67. The summed E-state index contributed by atoms with van der Waals surface area (Å²) in [4.78, 5) is 0. The van der Waals surface area contributed by atoms with E-state index in [1.54, 1.807) is 7.11 Å². The Balaban J connectivity index is 2.19. The number of aryl methyl sites for hydroxylation is 2. The SMILES string of the molecule is COCCCCCCc1ccc(N)c(C)c1. The first-order valence-corrected chi connectivity index (χ1v) is 6.08. The third-order valence-corrected chi connectivity index (χ3v) is 2.90. The maximum atomic E-state index is 5.78. The molecule has 2 nitrogen and oxygen atoms in total. The Bertz CT molecular complexity index is 310. The molecule has 0 atom stereocenters. The van der Waals surface area contributed by atoms with Gasteiger partial charge >= 0.3 is 0 Å². The summed E-state index contributed by atoms with van der Waals surface area (Å²) in [6.07, 6.45) is 6.15. The van der Waals surface area contributed by atoms with Crippen LogP contribution in [0.1, 0.15) is 36.8 Å². The Morgan fingerprint density at radius 3 is 2.56 bits per heavy atom. The molecule has 2 N–H and O–H groups in total. The Morgan fingerprint density at radius 1 is 1.12 bits per heavy atom. The van der Waals surface area contributed by atoms with Crippen molar-refractivity contribution in [1.29, 1.82) is 0 Å². The van der Waals surface area contributed by atoms with Crippen LogP contribution in [0.3, 0.4) is 0 Å². The highest BCUT2D eigenvalue weighted by molar-refractivity contribution is 5.47. The van der Waals surface area contributed by atoms with Gasteiger partial charge in [-0.05, 0) is 43.4 Å². The van der Waals surface area contributed by atoms with E-state index in [1.165, 1.54) is 36.8 Å². The molecule has 0 radical (unpaired) electrons. The zero-order valence-electron chi connectivity index (χ0n) is 10.5. The summed E-state index contributed by atoms with van der Waals surface area (Å²) in [7, 11) is 1.76. The quantitative estimate of drug-likeness (QED) is 0.566. The van der Waals surface area contributed by atoms with Gasteiger partial charge in [-0.3, -0.25) is 0 Å². The van der Waals surface area contributed by atoms with E-state index in [4.69, 9.17) is 10.5 Å². The zero-order chi connectivity index (χ0) is 11.8. The summed E-state index contributed by atoms with van der Waals surface area (Å²) >= 11 is 0. The lowest BCUT2D eigenvalue weighted by Crippen LogP contribution is -1.93. The van der Waals surface area contributed by atoms with Gasteiger partial charge in [0.15, 0.2) is 0 Å². The van der Waals surface area contributed by atoms with Gasteiger partial charge < -0.3 is 10.5 Å². The molecule has 2 heteroatoms. The van der Waals surface area contributed by atoms with Crippen molar-refractivity contribution in [3.8, 4) is 0 Å². The van der Waals surface area contributed by atoms with E-state index in [-0.39, 0.29) is 0 Å². The Hall–Kier alpha value is -1.02. The standard InChI is InChI=1S/C14H23NO/c1-12-11-13(8-9-14(12)15)7-5-3-4-6-10-16-2/h8-9,11H,3-7,10,15H2,1-2H3. The minimum atomic E-state index is 0.890. The maximum Gasteiger partial charge on any atom is 0.0462 e. The number of ether oxygens (including phenoxy) is 1. The van der Waals surface area contributed by atoms with Crippen molar-refractivity contribution in [3.63, 3.8) is 0 Å². The fourth-order valence-corrected chi connectivity index (χ4v) is 1.82. The molecule has 0 heterocycles. The van der Waals surface area contributed by atoms with E-state index in [0.717, 1.165) is 18.7 Å². The van der Waals surface area contributed by atoms with Gasteiger partial charge in [0.2, 0.25) is 0 Å². The van der Waals surface area contributed by atoms with Gasteiger partial charge in [0.05, 0.1) is 0 Å². The van der Waals surface area contributed by atoms with Crippen LogP contribution < -0.4 is 5.73 Å². The van der Waals surface area contributed by atoms with Crippen LogP contribution in [0.2, 0.25) is 0 Å². The highest BCUT2D eigenvalue weighted by Gasteiger charge is 1.97. The first-order valence-electron chi connectivity index (χ1n) is 6.08. The molecule has 0 bridgehead atoms. The molecule has 0 spiro atoms. The van der Waals surface area contributed by atoms with Crippen molar-refractivity contribution in [2.75, 3.05) is 19.5 Å². The van der Waals surface area contributed by atoms with Crippen LogP contribution in [0.15, 0.2) is 18.2 Å². The number of unbranched alkanes of at least 4 members (excludes halogenated alkanes) is 3. The second kappa shape index (κ2) is 7.29. The number of methoxy groups -OCH3 is 1. The lowest BCUT2D eigenvalue weighted by atomic mass is 10.0. The van der Waals surface area contributed by atoms with Crippen LogP contribution in [0.5, 0.6) is 0 Å². The van der Waals surface area contributed by atoms with Crippen molar-refractivity contribution in [3.05, 3.63) is 29.3 Å². The number of anilines is 1. The molecule has 1 rings (SSSR count). The summed E-state index contributed by atoms with van der Waals surface area (Å²) in [5.41, 5.74) is 9.27. The second-order valence-corrected chi connectivity index (χ2v) is 4.35. The topological polar surface area (TPSA) is 35.2 Å². The van der Waals surface area contributed by atoms with Gasteiger partial charge in [-0.15, -0.1) is 0 Å². The lowest BCUT2D eigenvalue weighted by molar-refractivity contribution is 0.192. The van der Waals surface area contributed by atoms with Crippen LogP contribution in [0.25, 0.3) is 0 Å². The molecule has 0 unspecified atom stereocenters. The number of benzene rings is 1. The first kappa shape index (κ1) is 13.0. The molecule has 0 saturated carbocycles. The van der Waals surface area contributed by atoms with E-state index in [1.807, 2.05) is 6.07 Å². The van der Waals surface area contributed by atoms with Crippen LogP contribution in [0, 0.1) is 6.92 Å². The van der Waals surface area contributed by atoms with Crippen molar-refractivity contribution >= 4 is 5.69 Å². The van der Waals surface area contributed by atoms with Crippen molar-refractivity contribution < 1.29 is 4.74 Å². The predicted molar refractivity (Wildman–Crippen MR) is 69.6 cm³/mol. The van der Waals surface area contributed by atoms with E-state index in [2.05, 4.69) is 19.1 Å². The molecule has 0 saturated heterocycles. The number of nitrogen functional groups attached to an aromatic ring is 1. The van der Waals surface area contributed by atoms with Gasteiger partial charge in [0.1, 0.15) is 0 Å². The molecule has 0 aromatic heterocycles.